The molecule has 1 aromatic carbocycles. The smallest absolute Gasteiger partial charge is 0.239 e. The van der Waals surface area contributed by atoms with Gasteiger partial charge in [-0.1, -0.05) is 18.2 Å². The normalized spacial score (nSPS) is 12.9. The maximum atomic E-state index is 12.2. The first kappa shape index (κ1) is 15.6. The van der Waals surface area contributed by atoms with Crippen LogP contribution in [0.1, 0.15) is 25.1 Å². The lowest BCUT2D eigenvalue weighted by molar-refractivity contribution is -0.134. The van der Waals surface area contributed by atoms with Crippen LogP contribution in [0.25, 0.3) is 10.9 Å². The highest BCUT2D eigenvalue weighted by Crippen LogP contribution is 2.22. The molecule has 1 amide bonds. The van der Waals surface area contributed by atoms with Gasteiger partial charge in [-0.05, 0) is 39.4 Å². The average Bonchev–Trinajstić information content (AvgIpc) is 2.81. The van der Waals surface area contributed by atoms with Gasteiger partial charge in [0.05, 0.1) is 6.04 Å². The van der Waals surface area contributed by atoms with E-state index in [9.17, 15) is 4.79 Å². The maximum absolute atomic E-state index is 12.2. The summed E-state index contributed by atoms with van der Waals surface area (Å²) in [5.41, 5.74) is 3.60. The summed E-state index contributed by atoms with van der Waals surface area (Å²) in [6.45, 7) is 7.57. The highest BCUT2D eigenvalue weighted by Gasteiger charge is 2.21. The highest BCUT2D eigenvalue weighted by atomic mass is 16.2. The van der Waals surface area contributed by atoms with E-state index < -0.39 is 0 Å². The number of hydrogen-bond acceptors (Lipinski definition) is 2. The summed E-state index contributed by atoms with van der Waals surface area (Å²) in [5, 5.41) is 1.26. The molecule has 0 aliphatic rings. The number of nitrogens with zero attached hydrogens (tertiary/aromatic N) is 2. The summed E-state index contributed by atoms with van der Waals surface area (Å²) in [6.07, 6.45) is 0. The second kappa shape index (κ2) is 6.31. The number of aromatic amines is 1. The maximum Gasteiger partial charge on any atom is 0.239 e. The van der Waals surface area contributed by atoms with Gasteiger partial charge in [0.25, 0.3) is 0 Å². The molecule has 0 fully saturated rings. The van der Waals surface area contributed by atoms with Crippen LogP contribution in [0.2, 0.25) is 0 Å². The number of H-pyrrole nitrogens is 1. The number of nitrogens with one attached hydrogen (secondary N) is 1. The minimum Gasteiger partial charge on any atom is -0.357 e. The number of rotatable bonds is 5. The molecule has 0 aliphatic heterocycles. The quantitative estimate of drug-likeness (QED) is 0.918. The number of amides is 1. The zero-order chi connectivity index (χ0) is 15.6. The monoisotopic (exact) mass is 287 g/mol. The molecule has 0 saturated carbocycles. The summed E-state index contributed by atoms with van der Waals surface area (Å²) >= 11 is 0. The third-order valence-electron chi connectivity index (χ3n) is 4.35. The molecule has 1 aromatic heterocycles. The third kappa shape index (κ3) is 3.10. The van der Waals surface area contributed by atoms with E-state index in [1.807, 2.05) is 34.0 Å². The fourth-order valence-corrected chi connectivity index (χ4v) is 2.55. The molecule has 0 aliphatic carbocycles. The molecule has 2 aromatic rings. The first-order chi connectivity index (χ1) is 9.95. The number of carbonyl (C=O) groups is 1. The molecule has 114 valence electrons. The van der Waals surface area contributed by atoms with Gasteiger partial charge in [0.2, 0.25) is 5.91 Å². The summed E-state index contributed by atoms with van der Waals surface area (Å²) in [4.78, 5) is 19.6. The SMILES string of the molecule is CCN(C)C(=O)C(C)N(C)Cc1[nH]c2ccccc2c1C. The Morgan fingerprint density at radius 3 is 2.57 bits per heavy atom. The Balaban J connectivity index is 2.16. The van der Waals surface area contributed by atoms with Gasteiger partial charge in [0, 0.05) is 36.7 Å². The molecule has 4 nitrogen and oxygen atoms in total. The van der Waals surface area contributed by atoms with Crippen molar-refractivity contribution in [2.24, 2.45) is 0 Å². The summed E-state index contributed by atoms with van der Waals surface area (Å²) < 4.78 is 0. The van der Waals surface area contributed by atoms with Crippen molar-refractivity contribution in [3.8, 4) is 0 Å². The van der Waals surface area contributed by atoms with Crippen molar-refractivity contribution in [3.63, 3.8) is 0 Å². The zero-order valence-corrected chi connectivity index (χ0v) is 13.6. The van der Waals surface area contributed by atoms with Gasteiger partial charge >= 0.3 is 0 Å². The topological polar surface area (TPSA) is 39.3 Å². The van der Waals surface area contributed by atoms with Crippen LogP contribution >= 0.6 is 0 Å². The van der Waals surface area contributed by atoms with Gasteiger partial charge in [0.15, 0.2) is 0 Å². The molecule has 21 heavy (non-hydrogen) atoms. The number of carbonyl (C=O) groups excluding carboxylic acids is 1. The van der Waals surface area contributed by atoms with Crippen molar-refractivity contribution in [3.05, 3.63) is 35.5 Å². The van der Waals surface area contributed by atoms with Crippen LogP contribution in [-0.2, 0) is 11.3 Å². The van der Waals surface area contributed by atoms with Gasteiger partial charge in [-0.25, -0.2) is 0 Å². The van der Waals surface area contributed by atoms with Gasteiger partial charge in [-0.15, -0.1) is 0 Å². The van der Waals surface area contributed by atoms with Crippen molar-refractivity contribution >= 4 is 16.8 Å². The average molecular weight is 287 g/mol. The molecule has 4 heteroatoms. The van der Waals surface area contributed by atoms with E-state index in [2.05, 4.69) is 35.0 Å². The number of likely N-dealkylation sites (N-methyl/N-ethyl adjacent to an activating group) is 2. The molecule has 0 radical (unpaired) electrons. The summed E-state index contributed by atoms with van der Waals surface area (Å²) in [6, 6.07) is 8.18. The molecular formula is C17H25N3O. The van der Waals surface area contributed by atoms with E-state index in [0.717, 1.165) is 18.6 Å². The van der Waals surface area contributed by atoms with Crippen molar-refractivity contribution in [2.75, 3.05) is 20.6 Å². The van der Waals surface area contributed by atoms with E-state index in [1.54, 1.807) is 4.90 Å². The van der Waals surface area contributed by atoms with Gasteiger partial charge in [0.1, 0.15) is 0 Å². The molecule has 0 spiro atoms. The van der Waals surface area contributed by atoms with Crippen LogP contribution in [0.15, 0.2) is 24.3 Å². The van der Waals surface area contributed by atoms with E-state index in [1.165, 1.54) is 16.6 Å². The number of benzene rings is 1. The van der Waals surface area contributed by atoms with Crippen LogP contribution in [0, 0.1) is 6.92 Å². The summed E-state index contributed by atoms with van der Waals surface area (Å²) in [5.74, 6) is 0.161. The second-order valence-electron chi connectivity index (χ2n) is 5.72. The molecule has 0 bridgehead atoms. The van der Waals surface area contributed by atoms with E-state index in [4.69, 9.17) is 0 Å². The van der Waals surface area contributed by atoms with Crippen LogP contribution in [0.3, 0.4) is 0 Å². The Bertz CT molecular complexity index is 632. The molecule has 1 heterocycles. The number of hydrogen-bond donors (Lipinski definition) is 1. The lowest BCUT2D eigenvalue weighted by Crippen LogP contribution is -2.43. The van der Waals surface area contributed by atoms with Gasteiger partial charge < -0.3 is 9.88 Å². The minimum atomic E-state index is -0.124. The van der Waals surface area contributed by atoms with Crippen LogP contribution in [0.4, 0.5) is 0 Å². The number of aryl methyl sites for hydroxylation is 1. The van der Waals surface area contributed by atoms with E-state index in [0.29, 0.717) is 0 Å². The Morgan fingerprint density at radius 2 is 1.95 bits per heavy atom. The molecule has 1 atom stereocenters. The van der Waals surface area contributed by atoms with Crippen molar-refractivity contribution in [2.45, 2.75) is 33.4 Å². The molecule has 2 rings (SSSR count). The largest absolute Gasteiger partial charge is 0.357 e. The summed E-state index contributed by atoms with van der Waals surface area (Å²) in [7, 11) is 3.85. The number of para-hydroxylation sites is 1. The van der Waals surface area contributed by atoms with Crippen LogP contribution in [0.5, 0.6) is 0 Å². The van der Waals surface area contributed by atoms with Crippen molar-refractivity contribution in [1.82, 2.24) is 14.8 Å². The first-order valence-electron chi connectivity index (χ1n) is 7.47. The van der Waals surface area contributed by atoms with E-state index in [-0.39, 0.29) is 11.9 Å². The first-order valence-corrected chi connectivity index (χ1v) is 7.47. The fraction of sp³-hybridized carbons (Fsp3) is 0.471. The van der Waals surface area contributed by atoms with Gasteiger partial charge in [-0.3, -0.25) is 9.69 Å². The fourth-order valence-electron chi connectivity index (χ4n) is 2.55. The second-order valence-corrected chi connectivity index (χ2v) is 5.72. The third-order valence-corrected chi connectivity index (χ3v) is 4.35. The lowest BCUT2D eigenvalue weighted by atomic mass is 10.1. The Kier molecular flexibility index (Phi) is 4.68. The number of fused-ring (bicyclic) bond motifs is 1. The van der Waals surface area contributed by atoms with E-state index >= 15 is 0 Å². The van der Waals surface area contributed by atoms with Gasteiger partial charge in [-0.2, -0.15) is 0 Å². The molecule has 0 saturated heterocycles. The zero-order valence-electron chi connectivity index (χ0n) is 13.6. The Hall–Kier alpha value is -1.81. The van der Waals surface area contributed by atoms with Crippen LogP contribution in [-0.4, -0.2) is 47.4 Å². The predicted octanol–water partition coefficient (Wildman–Crippen LogP) is 2.77. The minimum absolute atomic E-state index is 0.124. The van der Waals surface area contributed by atoms with Crippen molar-refractivity contribution in [1.29, 1.82) is 0 Å². The van der Waals surface area contributed by atoms with Crippen LogP contribution < -0.4 is 0 Å². The lowest BCUT2D eigenvalue weighted by Gasteiger charge is -2.27. The highest BCUT2D eigenvalue weighted by molar-refractivity contribution is 5.84. The predicted molar refractivity (Wildman–Crippen MR) is 87.3 cm³/mol. The van der Waals surface area contributed by atoms with Crippen molar-refractivity contribution < 1.29 is 4.79 Å². The molecular weight excluding hydrogens is 262 g/mol. The Labute approximate surface area is 126 Å². The molecule has 1 N–H and O–H groups in total. The number of aromatic nitrogens is 1. The standard InChI is InChI=1S/C17H25N3O/c1-6-19(4)17(21)13(3)20(5)11-16-12(2)14-9-7-8-10-15(14)18-16/h7-10,13,18H,6,11H2,1-5H3. The Morgan fingerprint density at radius 1 is 1.29 bits per heavy atom. The molecule has 1 unspecified atom stereocenters.